The fraction of sp³-hybridized carbons (Fsp3) is 0.143. The van der Waals surface area contributed by atoms with Gasteiger partial charge in [-0.1, -0.05) is 30.3 Å². The Kier molecular flexibility index (Phi) is 5.93. The fourth-order valence-electron chi connectivity index (χ4n) is 2.61. The highest BCUT2D eigenvalue weighted by Gasteiger charge is 2.29. The van der Waals surface area contributed by atoms with E-state index in [0.717, 1.165) is 17.7 Å². The molecule has 0 atom stereocenters. The van der Waals surface area contributed by atoms with Gasteiger partial charge in [-0.25, -0.2) is 0 Å². The van der Waals surface area contributed by atoms with Gasteiger partial charge in [0.15, 0.2) is 0 Å². The second kappa shape index (κ2) is 8.56. The number of carbonyl (C=O) groups excluding carboxylic acids is 1. The molecule has 0 spiro atoms. The maximum Gasteiger partial charge on any atom is 0.416 e. The molecule has 2 aromatic carbocycles. The van der Waals surface area contributed by atoms with Crippen LogP contribution in [0.3, 0.4) is 0 Å². The smallest absolute Gasteiger partial charge is 0.354 e. The molecule has 0 radical (unpaired) electrons. The van der Waals surface area contributed by atoms with Crippen molar-refractivity contribution < 1.29 is 18.0 Å². The Morgan fingerprint density at radius 1 is 0.929 bits per heavy atom. The van der Waals surface area contributed by atoms with Crippen molar-refractivity contribution in [1.29, 1.82) is 0 Å². The van der Waals surface area contributed by atoms with Crippen LogP contribution >= 0.6 is 0 Å². The summed E-state index contributed by atoms with van der Waals surface area (Å²) in [5, 5.41) is 5.78. The lowest BCUT2D eigenvalue weighted by Gasteiger charge is -2.10. The molecule has 0 fully saturated rings. The first kappa shape index (κ1) is 19.4. The number of halogens is 3. The Morgan fingerprint density at radius 2 is 1.64 bits per heavy atom. The summed E-state index contributed by atoms with van der Waals surface area (Å²) in [4.78, 5) is 16.3. The van der Waals surface area contributed by atoms with Gasteiger partial charge >= 0.3 is 6.18 Å². The molecule has 4 nitrogen and oxygen atoms in total. The Balaban J connectivity index is 1.59. The third kappa shape index (κ3) is 5.33. The van der Waals surface area contributed by atoms with E-state index in [1.807, 2.05) is 30.3 Å². The molecule has 0 bridgehead atoms. The number of nitrogens with one attached hydrogen (secondary N) is 2. The molecule has 1 heterocycles. The molecule has 0 aliphatic rings. The number of nitrogens with zero attached hydrogens (tertiary/aromatic N) is 1. The summed E-state index contributed by atoms with van der Waals surface area (Å²) in [7, 11) is 0. The van der Waals surface area contributed by atoms with Gasteiger partial charge in [-0.3, -0.25) is 9.78 Å². The van der Waals surface area contributed by atoms with Gasteiger partial charge in [0.1, 0.15) is 0 Å². The van der Waals surface area contributed by atoms with Crippen LogP contribution in [0.2, 0.25) is 0 Å². The molecule has 3 rings (SSSR count). The van der Waals surface area contributed by atoms with Crippen LogP contribution in [0.4, 0.5) is 24.5 Å². The molecule has 144 valence electrons. The molecule has 2 N–H and O–H groups in total. The number of amides is 1. The van der Waals surface area contributed by atoms with Crippen LogP contribution in [-0.2, 0) is 12.6 Å². The second-order valence-electron chi connectivity index (χ2n) is 6.15. The van der Waals surface area contributed by atoms with Crippen molar-refractivity contribution in [3.8, 4) is 0 Å². The van der Waals surface area contributed by atoms with E-state index in [2.05, 4.69) is 15.6 Å². The summed E-state index contributed by atoms with van der Waals surface area (Å²) >= 11 is 0. The van der Waals surface area contributed by atoms with Crippen molar-refractivity contribution in [3.05, 3.63) is 89.7 Å². The van der Waals surface area contributed by atoms with E-state index in [1.165, 1.54) is 24.5 Å². The number of alkyl halides is 3. The molecule has 0 aliphatic heterocycles. The van der Waals surface area contributed by atoms with Gasteiger partial charge in [0.25, 0.3) is 5.91 Å². The Hall–Kier alpha value is -3.35. The number of hydrogen-bond acceptors (Lipinski definition) is 3. The highest BCUT2D eigenvalue weighted by atomic mass is 19.4. The maximum atomic E-state index is 12.6. The Labute approximate surface area is 160 Å². The zero-order valence-electron chi connectivity index (χ0n) is 14.8. The Bertz CT molecular complexity index is 926. The third-order valence-electron chi connectivity index (χ3n) is 4.04. The van der Waals surface area contributed by atoms with Crippen molar-refractivity contribution in [2.24, 2.45) is 0 Å². The number of pyridine rings is 1. The molecule has 0 aliphatic carbocycles. The standard InChI is InChI=1S/C21H18F3N3O/c22-21(23,24)17-6-8-18(9-7-17)27-19-12-16(13-25-14-19)20(28)26-11-10-15-4-2-1-3-5-15/h1-9,12-14,27H,10-11H2,(H,26,28). The molecule has 28 heavy (non-hydrogen) atoms. The minimum Gasteiger partial charge on any atom is -0.354 e. The first-order chi connectivity index (χ1) is 13.4. The van der Waals surface area contributed by atoms with Crippen molar-refractivity contribution in [3.63, 3.8) is 0 Å². The van der Waals surface area contributed by atoms with E-state index in [9.17, 15) is 18.0 Å². The average Bonchev–Trinajstić information content (AvgIpc) is 2.69. The summed E-state index contributed by atoms with van der Waals surface area (Å²) in [6.45, 7) is 0.486. The van der Waals surface area contributed by atoms with E-state index >= 15 is 0 Å². The van der Waals surface area contributed by atoms with Crippen LogP contribution in [-0.4, -0.2) is 17.4 Å². The number of carbonyl (C=O) groups is 1. The van der Waals surface area contributed by atoms with E-state index < -0.39 is 11.7 Å². The monoisotopic (exact) mass is 385 g/mol. The third-order valence-corrected chi connectivity index (χ3v) is 4.04. The van der Waals surface area contributed by atoms with Gasteiger partial charge in [0.2, 0.25) is 0 Å². The lowest BCUT2D eigenvalue weighted by molar-refractivity contribution is -0.137. The highest BCUT2D eigenvalue weighted by molar-refractivity contribution is 5.94. The van der Waals surface area contributed by atoms with Crippen LogP contribution in [0.1, 0.15) is 21.5 Å². The number of benzene rings is 2. The van der Waals surface area contributed by atoms with Gasteiger partial charge in [-0.15, -0.1) is 0 Å². The van der Waals surface area contributed by atoms with Crippen molar-refractivity contribution >= 4 is 17.3 Å². The normalized spacial score (nSPS) is 11.1. The number of rotatable bonds is 6. The number of aromatic nitrogens is 1. The van der Waals surface area contributed by atoms with E-state index in [4.69, 9.17) is 0 Å². The van der Waals surface area contributed by atoms with Crippen LogP contribution < -0.4 is 10.6 Å². The highest BCUT2D eigenvalue weighted by Crippen LogP contribution is 2.30. The summed E-state index contributed by atoms with van der Waals surface area (Å²) in [5.74, 6) is -0.264. The van der Waals surface area contributed by atoms with Crippen molar-refractivity contribution in [2.45, 2.75) is 12.6 Å². The van der Waals surface area contributed by atoms with E-state index in [1.54, 1.807) is 6.07 Å². The first-order valence-electron chi connectivity index (χ1n) is 8.63. The fourth-order valence-corrected chi connectivity index (χ4v) is 2.61. The molecular weight excluding hydrogens is 367 g/mol. The maximum absolute atomic E-state index is 12.6. The van der Waals surface area contributed by atoms with Crippen LogP contribution in [0.15, 0.2) is 73.1 Å². The predicted molar refractivity (Wildman–Crippen MR) is 101 cm³/mol. The van der Waals surface area contributed by atoms with Gasteiger partial charge in [0, 0.05) is 18.4 Å². The van der Waals surface area contributed by atoms with Gasteiger partial charge in [0.05, 0.1) is 23.0 Å². The lowest BCUT2D eigenvalue weighted by atomic mass is 10.1. The number of anilines is 2. The zero-order chi connectivity index (χ0) is 20.0. The lowest BCUT2D eigenvalue weighted by Crippen LogP contribution is -2.25. The molecule has 0 unspecified atom stereocenters. The van der Waals surface area contributed by atoms with E-state index in [0.29, 0.717) is 29.9 Å². The van der Waals surface area contributed by atoms with Crippen LogP contribution in [0.25, 0.3) is 0 Å². The summed E-state index contributed by atoms with van der Waals surface area (Å²) < 4.78 is 37.9. The number of hydrogen-bond donors (Lipinski definition) is 2. The SMILES string of the molecule is O=C(NCCc1ccccc1)c1cncc(Nc2ccc(C(F)(F)F)cc2)c1. The molecule has 3 aromatic rings. The molecule has 7 heteroatoms. The molecular formula is C21H18F3N3O. The quantitative estimate of drug-likeness (QED) is 0.640. The van der Waals surface area contributed by atoms with E-state index in [-0.39, 0.29) is 5.91 Å². The minimum absolute atomic E-state index is 0.264. The zero-order valence-corrected chi connectivity index (χ0v) is 14.8. The van der Waals surface area contributed by atoms with Crippen LogP contribution in [0, 0.1) is 0 Å². The molecule has 1 amide bonds. The van der Waals surface area contributed by atoms with Crippen LogP contribution in [0.5, 0.6) is 0 Å². The topological polar surface area (TPSA) is 54.0 Å². The average molecular weight is 385 g/mol. The van der Waals surface area contributed by atoms with Gasteiger partial charge < -0.3 is 10.6 Å². The molecule has 0 saturated carbocycles. The molecule has 0 saturated heterocycles. The van der Waals surface area contributed by atoms with Gasteiger partial charge in [-0.2, -0.15) is 13.2 Å². The van der Waals surface area contributed by atoms with Crippen molar-refractivity contribution in [2.75, 3.05) is 11.9 Å². The largest absolute Gasteiger partial charge is 0.416 e. The molecule has 1 aromatic heterocycles. The summed E-state index contributed by atoms with van der Waals surface area (Å²) in [6, 6.07) is 16.0. The van der Waals surface area contributed by atoms with Gasteiger partial charge in [-0.05, 0) is 42.3 Å². The second-order valence-corrected chi connectivity index (χ2v) is 6.15. The van der Waals surface area contributed by atoms with Crippen molar-refractivity contribution in [1.82, 2.24) is 10.3 Å². The predicted octanol–water partition coefficient (Wildman–Crippen LogP) is 4.82. The minimum atomic E-state index is -4.38. The Morgan fingerprint density at radius 3 is 2.32 bits per heavy atom. The summed E-state index contributed by atoms with van der Waals surface area (Å²) in [6.07, 6.45) is -0.727. The summed E-state index contributed by atoms with van der Waals surface area (Å²) in [5.41, 5.74) is 1.75. The first-order valence-corrected chi connectivity index (χ1v) is 8.63.